The lowest BCUT2D eigenvalue weighted by Crippen LogP contribution is -2.26. The topological polar surface area (TPSA) is 112 Å². The summed E-state index contributed by atoms with van der Waals surface area (Å²) in [6.07, 6.45) is 0. The highest BCUT2D eigenvalue weighted by molar-refractivity contribution is 6.03. The SMILES string of the molecule is COc1ccc(Cn2nc(C)cc2Nc2cc(O)cc(O)c2C(=O)N2Cc3ccc(OCCN(C)C)cc3C2)cc1. The number of fused-ring (bicyclic) bond motifs is 1. The number of phenolic OH excluding ortho intramolecular Hbond substituents is 2. The fraction of sp³-hybridized carbons (Fsp3) is 0.290. The van der Waals surface area contributed by atoms with Crippen LogP contribution in [0.15, 0.2) is 60.7 Å². The fourth-order valence-electron chi connectivity index (χ4n) is 4.85. The highest BCUT2D eigenvalue weighted by Crippen LogP contribution is 2.36. The van der Waals surface area contributed by atoms with Gasteiger partial charge in [-0.1, -0.05) is 18.2 Å². The van der Waals surface area contributed by atoms with Gasteiger partial charge in [0, 0.05) is 37.8 Å². The van der Waals surface area contributed by atoms with E-state index in [4.69, 9.17) is 9.47 Å². The van der Waals surface area contributed by atoms with E-state index in [1.807, 2.05) is 69.6 Å². The van der Waals surface area contributed by atoms with Gasteiger partial charge in [0.25, 0.3) is 5.91 Å². The summed E-state index contributed by atoms with van der Waals surface area (Å²) in [6.45, 7) is 4.50. The number of carbonyl (C=O) groups excluding carboxylic acids is 1. The van der Waals surface area contributed by atoms with Gasteiger partial charge < -0.3 is 34.8 Å². The van der Waals surface area contributed by atoms with Crippen molar-refractivity contribution in [1.29, 1.82) is 0 Å². The standard InChI is InChI=1S/C31H35N5O5/c1-20-13-29(36(33-20)17-21-5-8-25(40-4)9-6-21)32-27-15-24(37)16-28(38)30(27)31(39)35-18-22-7-10-26(14-23(22)19-35)41-12-11-34(2)3/h5-10,13-16,32,37-38H,11-12,17-19H2,1-4H3. The summed E-state index contributed by atoms with van der Waals surface area (Å²) < 4.78 is 12.9. The molecule has 10 nitrogen and oxygen atoms in total. The van der Waals surface area contributed by atoms with Crippen LogP contribution in [0.4, 0.5) is 11.5 Å². The Balaban J connectivity index is 1.37. The second-order valence-corrected chi connectivity index (χ2v) is 10.4. The number of anilines is 2. The molecule has 0 fully saturated rings. The lowest BCUT2D eigenvalue weighted by Gasteiger charge is -2.20. The molecule has 3 aromatic carbocycles. The van der Waals surface area contributed by atoms with Crippen molar-refractivity contribution in [3.05, 3.63) is 88.6 Å². The van der Waals surface area contributed by atoms with Crippen molar-refractivity contribution in [3.8, 4) is 23.0 Å². The minimum Gasteiger partial charge on any atom is -0.508 e. The molecular formula is C31H35N5O5. The summed E-state index contributed by atoms with van der Waals surface area (Å²) in [4.78, 5) is 17.5. The maximum atomic E-state index is 13.8. The first kappa shape index (κ1) is 27.9. The van der Waals surface area contributed by atoms with Crippen molar-refractivity contribution in [1.82, 2.24) is 19.6 Å². The van der Waals surface area contributed by atoms with E-state index in [9.17, 15) is 15.0 Å². The van der Waals surface area contributed by atoms with Crippen molar-refractivity contribution in [2.24, 2.45) is 0 Å². The molecule has 1 aliphatic heterocycles. The lowest BCUT2D eigenvalue weighted by atomic mass is 10.1. The highest BCUT2D eigenvalue weighted by atomic mass is 16.5. The maximum absolute atomic E-state index is 13.8. The number of aromatic hydroxyl groups is 2. The van der Waals surface area contributed by atoms with Gasteiger partial charge in [0.2, 0.25) is 0 Å². The number of aryl methyl sites for hydroxylation is 1. The van der Waals surface area contributed by atoms with Gasteiger partial charge in [0.15, 0.2) is 0 Å². The third-order valence-corrected chi connectivity index (χ3v) is 6.97. The van der Waals surface area contributed by atoms with Crippen molar-refractivity contribution < 1.29 is 24.5 Å². The van der Waals surface area contributed by atoms with Gasteiger partial charge in [-0.2, -0.15) is 5.10 Å². The zero-order valence-corrected chi connectivity index (χ0v) is 23.7. The number of hydrogen-bond acceptors (Lipinski definition) is 8. The first-order valence-corrected chi connectivity index (χ1v) is 13.4. The number of aromatic nitrogens is 2. The van der Waals surface area contributed by atoms with Crippen molar-refractivity contribution >= 4 is 17.4 Å². The van der Waals surface area contributed by atoms with Crippen LogP contribution in [-0.4, -0.2) is 70.1 Å². The molecule has 3 N–H and O–H groups in total. The normalized spacial score (nSPS) is 12.5. The van der Waals surface area contributed by atoms with Crippen molar-refractivity contribution in [3.63, 3.8) is 0 Å². The number of hydrogen-bond donors (Lipinski definition) is 3. The number of ether oxygens (including phenoxy) is 2. The Bertz CT molecular complexity index is 1550. The fourth-order valence-corrected chi connectivity index (χ4v) is 4.85. The second-order valence-electron chi connectivity index (χ2n) is 10.4. The Labute approximate surface area is 239 Å². The van der Waals surface area contributed by atoms with Crippen molar-refractivity contribution in [2.75, 3.05) is 39.7 Å². The minimum atomic E-state index is -0.353. The maximum Gasteiger partial charge on any atom is 0.260 e. The van der Waals surface area contributed by atoms with E-state index in [0.29, 0.717) is 32.1 Å². The van der Waals surface area contributed by atoms with Crippen LogP contribution in [0.5, 0.6) is 23.0 Å². The molecule has 10 heteroatoms. The molecule has 0 aliphatic carbocycles. The van der Waals surface area contributed by atoms with Crippen LogP contribution < -0.4 is 14.8 Å². The molecule has 41 heavy (non-hydrogen) atoms. The van der Waals surface area contributed by atoms with Crippen LogP contribution in [0.2, 0.25) is 0 Å². The third-order valence-electron chi connectivity index (χ3n) is 6.97. The summed E-state index contributed by atoms with van der Waals surface area (Å²) in [7, 11) is 5.61. The molecule has 4 aromatic rings. The van der Waals surface area contributed by atoms with Gasteiger partial charge in [-0.25, -0.2) is 4.68 Å². The Kier molecular flexibility index (Phi) is 8.02. The van der Waals surface area contributed by atoms with Crippen LogP contribution >= 0.6 is 0 Å². The number of phenols is 2. The summed E-state index contributed by atoms with van der Waals surface area (Å²) in [5, 5.41) is 29.0. The summed E-state index contributed by atoms with van der Waals surface area (Å²) >= 11 is 0. The average Bonchev–Trinajstić information content (AvgIpc) is 3.50. The molecule has 1 amide bonds. The largest absolute Gasteiger partial charge is 0.508 e. The summed E-state index contributed by atoms with van der Waals surface area (Å²) in [5.74, 6) is 1.31. The Morgan fingerprint density at radius 1 is 1.00 bits per heavy atom. The number of carbonyl (C=O) groups is 1. The van der Waals surface area contributed by atoms with Crippen LogP contribution in [0.1, 0.15) is 32.7 Å². The molecule has 214 valence electrons. The number of benzene rings is 3. The monoisotopic (exact) mass is 557 g/mol. The number of methoxy groups -OCH3 is 1. The highest BCUT2D eigenvalue weighted by Gasteiger charge is 2.29. The zero-order valence-electron chi connectivity index (χ0n) is 23.7. The van der Waals surface area contributed by atoms with Crippen LogP contribution in [0.3, 0.4) is 0 Å². The molecule has 0 spiro atoms. The molecule has 1 aromatic heterocycles. The predicted octanol–water partition coefficient (Wildman–Crippen LogP) is 4.50. The van der Waals surface area contributed by atoms with E-state index in [0.717, 1.165) is 40.4 Å². The van der Waals surface area contributed by atoms with E-state index in [2.05, 4.69) is 15.3 Å². The molecule has 2 heterocycles. The van der Waals surface area contributed by atoms with Crippen LogP contribution in [0, 0.1) is 6.92 Å². The van der Waals surface area contributed by atoms with E-state index in [1.165, 1.54) is 12.1 Å². The molecule has 1 aliphatic rings. The second kappa shape index (κ2) is 11.8. The molecule has 0 bridgehead atoms. The van der Waals surface area contributed by atoms with E-state index >= 15 is 0 Å². The predicted molar refractivity (Wildman–Crippen MR) is 156 cm³/mol. The van der Waals surface area contributed by atoms with Gasteiger partial charge in [-0.05, 0) is 62.0 Å². The summed E-state index contributed by atoms with van der Waals surface area (Å²) in [6, 6.07) is 18.0. The molecule has 5 rings (SSSR count). The number of amides is 1. The molecule has 0 saturated carbocycles. The minimum absolute atomic E-state index is 0.0768. The number of nitrogens with zero attached hydrogens (tertiary/aromatic N) is 4. The third kappa shape index (κ3) is 6.38. The van der Waals surface area contributed by atoms with Crippen LogP contribution in [-0.2, 0) is 19.6 Å². The Morgan fingerprint density at radius 2 is 1.73 bits per heavy atom. The van der Waals surface area contributed by atoms with Gasteiger partial charge in [-0.15, -0.1) is 0 Å². The van der Waals surface area contributed by atoms with Gasteiger partial charge in [0.05, 0.1) is 25.0 Å². The zero-order chi connectivity index (χ0) is 29.1. The molecular weight excluding hydrogens is 522 g/mol. The Morgan fingerprint density at radius 3 is 2.46 bits per heavy atom. The number of likely N-dealkylation sites (N-methyl/N-ethyl adjacent to an activating group) is 1. The lowest BCUT2D eigenvalue weighted by molar-refractivity contribution is 0.0749. The van der Waals surface area contributed by atoms with E-state index < -0.39 is 0 Å². The smallest absolute Gasteiger partial charge is 0.260 e. The molecule has 0 saturated heterocycles. The van der Waals surface area contributed by atoms with Crippen LogP contribution in [0.25, 0.3) is 0 Å². The first-order valence-electron chi connectivity index (χ1n) is 13.4. The van der Waals surface area contributed by atoms with Gasteiger partial charge >= 0.3 is 0 Å². The number of nitrogens with one attached hydrogen (secondary N) is 1. The average molecular weight is 558 g/mol. The molecule has 0 radical (unpaired) electrons. The summed E-state index contributed by atoms with van der Waals surface area (Å²) in [5.41, 5.74) is 4.17. The quantitative estimate of drug-likeness (QED) is 0.261. The van der Waals surface area contributed by atoms with Gasteiger partial charge in [-0.3, -0.25) is 4.79 Å². The van der Waals surface area contributed by atoms with E-state index in [-0.39, 0.29) is 28.7 Å². The van der Waals surface area contributed by atoms with E-state index in [1.54, 1.807) is 16.7 Å². The van der Waals surface area contributed by atoms with Crippen molar-refractivity contribution in [2.45, 2.75) is 26.6 Å². The molecule has 0 unspecified atom stereocenters. The molecule has 0 atom stereocenters. The van der Waals surface area contributed by atoms with Gasteiger partial charge in [0.1, 0.15) is 41.0 Å². The Hall–Kier alpha value is -4.70. The first-order chi connectivity index (χ1) is 19.7. The number of rotatable bonds is 10.